The Morgan fingerprint density at radius 3 is 2.52 bits per heavy atom. The molecule has 0 fully saturated rings. The molecular weight excluding hydrogens is 362 g/mol. The molecule has 0 spiro atoms. The Balaban J connectivity index is 1.99. The fourth-order valence-electron chi connectivity index (χ4n) is 2.92. The minimum atomic E-state index is -3.61. The number of hydrogen-bond acceptors (Lipinski definition) is 4. The van der Waals surface area contributed by atoms with Crippen molar-refractivity contribution in [3.05, 3.63) is 65.4 Å². The van der Waals surface area contributed by atoms with Crippen LogP contribution in [0.5, 0.6) is 0 Å². The predicted octanol–water partition coefficient (Wildman–Crippen LogP) is 3.35. The molecule has 0 aliphatic rings. The van der Waals surface area contributed by atoms with Crippen molar-refractivity contribution in [2.45, 2.75) is 18.7 Å². The molecule has 0 bridgehead atoms. The molecule has 0 saturated heterocycles. The molecule has 1 aromatic heterocycles. The average molecular weight is 383 g/mol. The van der Waals surface area contributed by atoms with Gasteiger partial charge in [-0.3, -0.25) is 9.78 Å². The van der Waals surface area contributed by atoms with E-state index in [4.69, 9.17) is 0 Å². The van der Waals surface area contributed by atoms with E-state index < -0.39 is 10.0 Å². The van der Waals surface area contributed by atoms with Crippen molar-refractivity contribution in [2.75, 3.05) is 19.4 Å². The summed E-state index contributed by atoms with van der Waals surface area (Å²) in [4.78, 5) is 17.2. The lowest BCUT2D eigenvalue weighted by Crippen LogP contribution is -2.22. The third-order valence-electron chi connectivity index (χ3n) is 4.30. The van der Waals surface area contributed by atoms with Gasteiger partial charge in [-0.1, -0.05) is 17.7 Å². The molecule has 6 nitrogen and oxygen atoms in total. The molecule has 0 aliphatic heterocycles. The molecule has 140 valence electrons. The number of hydrogen-bond donors (Lipinski definition) is 1. The maximum atomic E-state index is 12.7. The number of sulfonamides is 1. The van der Waals surface area contributed by atoms with Gasteiger partial charge in [0.05, 0.1) is 16.1 Å². The summed E-state index contributed by atoms with van der Waals surface area (Å²) in [5.41, 5.74) is 3.83. The quantitative estimate of drug-likeness (QED) is 0.749. The van der Waals surface area contributed by atoms with Crippen LogP contribution in [0.1, 0.15) is 21.5 Å². The predicted molar refractivity (Wildman–Crippen MR) is 106 cm³/mol. The molecule has 3 aromatic rings. The van der Waals surface area contributed by atoms with Crippen LogP contribution in [-0.2, 0) is 10.0 Å². The van der Waals surface area contributed by atoms with Crippen molar-refractivity contribution < 1.29 is 13.2 Å². The third-order valence-corrected chi connectivity index (χ3v) is 6.11. The molecule has 3 rings (SSSR count). The Morgan fingerprint density at radius 1 is 1.07 bits per heavy atom. The number of fused-ring (bicyclic) bond motifs is 1. The summed E-state index contributed by atoms with van der Waals surface area (Å²) < 4.78 is 25.7. The van der Waals surface area contributed by atoms with E-state index >= 15 is 0 Å². The van der Waals surface area contributed by atoms with Crippen LogP contribution >= 0.6 is 0 Å². The zero-order chi connectivity index (χ0) is 19.8. The van der Waals surface area contributed by atoms with E-state index in [9.17, 15) is 13.2 Å². The Hall–Kier alpha value is -2.77. The number of carbonyl (C=O) groups excluding carboxylic acids is 1. The number of carbonyl (C=O) groups is 1. The molecule has 0 atom stereocenters. The van der Waals surface area contributed by atoms with Crippen LogP contribution in [-0.4, -0.2) is 37.7 Å². The number of benzene rings is 2. The van der Waals surface area contributed by atoms with Crippen LogP contribution in [0.15, 0.2) is 53.6 Å². The molecule has 0 unspecified atom stereocenters. The number of nitrogens with one attached hydrogen (secondary N) is 1. The Bertz CT molecular complexity index is 1140. The van der Waals surface area contributed by atoms with E-state index in [-0.39, 0.29) is 16.4 Å². The minimum absolute atomic E-state index is 0.0754. The van der Waals surface area contributed by atoms with Crippen molar-refractivity contribution in [1.29, 1.82) is 0 Å². The standard InChI is InChI=1S/C20H21N3O3S/c1-13-10-14(2)19-17(11-13)18(8-9-21-19)22-20(24)15-6-5-7-16(12-15)27(25,26)23(3)4/h5-12H,1-4H3,(H,21,22,24). The van der Waals surface area contributed by atoms with Crippen molar-refractivity contribution in [3.8, 4) is 0 Å². The van der Waals surface area contributed by atoms with Crippen molar-refractivity contribution in [2.24, 2.45) is 0 Å². The van der Waals surface area contributed by atoms with Gasteiger partial charge in [-0.05, 0) is 49.7 Å². The topological polar surface area (TPSA) is 79.4 Å². The van der Waals surface area contributed by atoms with Gasteiger partial charge < -0.3 is 5.32 Å². The van der Waals surface area contributed by atoms with Gasteiger partial charge in [0.1, 0.15) is 0 Å². The second-order valence-corrected chi connectivity index (χ2v) is 8.76. The highest BCUT2D eigenvalue weighted by atomic mass is 32.2. The Kier molecular flexibility index (Phi) is 4.99. The van der Waals surface area contributed by atoms with Crippen LogP contribution in [0, 0.1) is 13.8 Å². The van der Waals surface area contributed by atoms with E-state index in [1.54, 1.807) is 24.4 Å². The first-order valence-electron chi connectivity index (χ1n) is 8.40. The number of nitrogens with zero attached hydrogens (tertiary/aromatic N) is 2. The first kappa shape index (κ1) is 19.0. The lowest BCUT2D eigenvalue weighted by molar-refractivity contribution is 0.102. The normalized spacial score (nSPS) is 11.7. The molecule has 1 heterocycles. The number of rotatable bonds is 4. The SMILES string of the molecule is Cc1cc(C)c2nccc(NC(=O)c3cccc(S(=O)(=O)N(C)C)c3)c2c1. The summed E-state index contributed by atoms with van der Waals surface area (Å²) in [7, 11) is -0.700. The van der Waals surface area contributed by atoms with Crippen LogP contribution in [0.3, 0.4) is 0 Å². The number of aryl methyl sites for hydroxylation is 2. The largest absolute Gasteiger partial charge is 0.321 e. The Morgan fingerprint density at radius 2 is 1.81 bits per heavy atom. The van der Waals surface area contributed by atoms with Crippen LogP contribution < -0.4 is 5.32 Å². The third kappa shape index (κ3) is 3.70. The van der Waals surface area contributed by atoms with E-state index in [0.29, 0.717) is 5.69 Å². The molecule has 0 aliphatic carbocycles. The molecule has 2 aromatic carbocycles. The fourth-order valence-corrected chi connectivity index (χ4v) is 3.87. The molecule has 7 heteroatoms. The smallest absolute Gasteiger partial charge is 0.255 e. The summed E-state index contributed by atoms with van der Waals surface area (Å²) in [6.07, 6.45) is 1.65. The second kappa shape index (κ2) is 7.09. The first-order valence-corrected chi connectivity index (χ1v) is 9.84. The zero-order valence-corrected chi connectivity index (χ0v) is 16.5. The van der Waals surface area contributed by atoms with Gasteiger partial charge >= 0.3 is 0 Å². The highest BCUT2D eigenvalue weighted by molar-refractivity contribution is 7.89. The number of amides is 1. The summed E-state index contributed by atoms with van der Waals surface area (Å²) in [6, 6.07) is 11.7. The first-order chi connectivity index (χ1) is 12.7. The van der Waals surface area contributed by atoms with E-state index in [1.807, 2.05) is 26.0 Å². The van der Waals surface area contributed by atoms with Crippen molar-refractivity contribution in [1.82, 2.24) is 9.29 Å². The van der Waals surface area contributed by atoms with Crippen molar-refractivity contribution in [3.63, 3.8) is 0 Å². The second-order valence-electron chi connectivity index (χ2n) is 6.61. The highest BCUT2D eigenvalue weighted by Gasteiger charge is 2.19. The lowest BCUT2D eigenvalue weighted by Gasteiger charge is -2.13. The monoisotopic (exact) mass is 383 g/mol. The van der Waals surface area contributed by atoms with Gasteiger partial charge in [-0.15, -0.1) is 0 Å². The fraction of sp³-hybridized carbons (Fsp3) is 0.200. The maximum absolute atomic E-state index is 12.7. The van der Waals surface area contributed by atoms with Crippen LogP contribution in [0.4, 0.5) is 5.69 Å². The molecule has 0 saturated carbocycles. The van der Waals surface area contributed by atoms with Gasteiger partial charge in [-0.25, -0.2) is 12.7 Å². The van der Waals surface area contributed by atoms with Crippen molar-refractivity contribution >= 4 is 32.5 Å². The number of aromatic nitrogens is 1. The van der Waals surface area contributed by atoms with E-state index in [2.05, 4.69) is 10.3 Å². The summed E-state index contributed by atoms with van der Waals surface area (Å²) in [5.74, 6) is -0.377. The van der Waals surface area contributed by atoms with Crippen LogP contribution in [0.2, 0.25) is 0 Å². The lowest BCUT2D eigenvalue weighted by atomic mass is 10.1. The van der Waals surface area contributed by atoms with Gasteiger partial charge in [-0.2, -0.15) is 0 Å². The Labute approximate surface area is 158 Å². The molecular formula is C20H21N3O3S. The number of anilines is 1. The summed E-state index contributed by atoms with van der Waals surface area (Å²) in [6.45, 7) is 3.96. The van der Waals surface area contributed by atoms with Gasteiger partial charge in [0.25, 0.3) is 5.91 Å². The number of pyridine rings is 1. The van der Waals surface area contributed by atoms with E-state index in [1.165, 1.54) is 26.2 Å². The highest BCUT2D eigenvalue weighted by Crippen LogP contribution is 2.26. The van der Waals surface area contributed by atoms with Gasteiger partial charge in [0.2, 0.25) is 10.0 Å². The molecule has 1 amide bonds. The maximum Gasteiger partial charge on any atom is 0.255 e. The minimum Gasteiger partial charge on any atom is -0.321 e. The zero-order valence-electron chi connectivity index (χ0n) is 15.6. The van der Waals surface area contributed by atoms with Gasteiger partial charge in [0.15, 0.2) is 0 Å². The summed E-state index contributed by atoms with van der Waals surface area (Å²) >= 11 is 0. The summed E-state index contributed by atoms with van der Waals surface area (Å²) in [5, 5.41) is 3.72. The molecule has 27 heavy (non-hydrogen) atoms. The van der Waals surface area contributed by atoms with E-state index in [0.717, 1.165) is 26.3 Å². The molecule has 0 radical (unpaired) electrons. The molecule has 1 N–H and O–H groups in total. The van der Waals surface area contributed by atoms with Gasteiger partial charge in [0, 0.05) is 31.2 Å². The van der Waals surface area contributed by atoms with Crippen LogP contribution in [0.25, 0.3) is 10.9 Å². The average Bonchev–Trinajstić information content (AvgIpc) is 2.62.